The summed E-state index contributed by atoms with van der Waals surface area (Å²) < 4.78 is 30.9. The van der Waals surface area contributed by atoms with Gasteiger partial charge in [0.15, 0.2) is 6.61 Å². The molecule has 0 spiro atoms. The number of hydrogen-bond donors (Lipinski definition) is 0. The third kappa shape index (κ3) is 3.51. The van der Waals surface area contributed by atoms with E-state index in [1.54, 1.807) is 24.3 Å². The number of hydrogen-bond acceptors (Lipinski definition) is 2. The van der Waals surface area contributed by atoms with E-state index in [-0.39, 0.29) is 18.1 Å². The van der Waals surface area contributed by atoms with Gasteiger partial charge in [-0.1, -0.05) is 23.7 Å². The maximum absolute atomic E-state index is 12.9. The van der Waals surface area contributed by atoms with Crippen LogP contribution in [0.25, 0.3) is 0 Å². The van der Waals surface area contributed by atoms with Crippen molar-refractivity contribution in [3.8, 4) is 5.75 Å². The van der Waals surface area contributed by atoms with E-state index in [1.165, 1.54) is 0 Å². The molecule has 0 saturated carbocycles. The molecule has 0 aromatic heterocycles. The number of rotatable bonds is 4. The summed E-state index contributed by atoms with van der Waals surface area (Å²) in [5.74, 6) is -1.94. The maximum atomic E-state index is 12.9. The Kier molecular flexibility index (Phi) is 4.12. The quantitative estimate of drug-likeness (QED) is 0.796. The van der Waals surface area contributed by atoms with Crippen LogP contribution in [0.4, 0.5) is 8.78 Å². The van der Waals surface area contributed by atoms with Crippen molar-refractivity contribution in [1.29, 1.82) is 0 Å². The van der Waals surface area contributed by atoms with Crippen molar-refractivity contribution in [3.05, 3.63) is 64.7 Å². The van der Waals surface area contributed by atoms with Gasteiger partial charge in [-0.2, -0.15) is 0 Å². The van der Waals surface area contributed by atoms with Crippen molar-refractivity contribution in [1.82, 2.24) is 0 Å². The average molecular weight is 283 g/mol. The molecule has 0 aliphatic carbocycles. The molecule has 0 atom stereocenters. The normalized spacial score (nSPS) is 10.3. The second kappa shape index (κ2) is 5.80. The third-order valence-electron chi connectivity index (χ3n) is 2.38. The Hall–Kier alpha value is -1.94. The summed E-state index contributed by atoms with van der Waals surface area (Å²) in [6, 6.07) is 9.23. The summed E-state index contributed by atoms with van der Waals surface area (Å²) in [4.78, 5) is 11.8. The number of halogens is 3. The fourth-order valence-electron chi connectivity index (χ4n) is 1.53. The molecule has 19 heavy (non-hydrogen) atoms. The van der Waals surface area contributed by atoms with Gasteiger partial charge in [0.25, 0.3) is 0 Å². The van der Waals surface area contributed by atoms with Crippen LogP contribution in [-0.4, -0.2) is 12.4 Å². The maximum Gasteiger partial charge on any atom is 0.201 e. The molecule has 2 rings (SSSR count). The zero-order chi connectivity index (χ0) is 13.8. The first-order chi connectivity index (χ1) is 9.06. The third-order valence-corrected chi connectivity index (χ3v) is 2.71. The molecule has 0 fully saturated rings. The molecule has 0 amide bonds. The molecule has 98 valence electrons. The predicted octanol–water partition coefficient (Wildman–Crippen LogP) is 3.88. The highest BCUT2D eigenvalue weighted by Crippen LogP contribution is 2.18. The minimum absolute atomic E-state index is 0.0436. The van der Waals surface area contributed by atoms with Gasteiger partial charge in [0.05, 0.1) is 5.02 Å². The lowest BCUT2D eigenvalue weighted by molar-refractivity contribution is 0.0921. The van der Waals surface area contributed by atoms with E-state index < -0.39 is 11.6 Å². The van der Waals surface area contributed by atoms with Gasteiger partial charge in [0.1, 0.15) is 17.4 Å². The lowest BCUT2D eigenvalue weighted by Gasteiger charge is -2.07. The minimum Gasteiger partial charge on any atom is -0.485 e. The van der Waals surface area contributed by atoms with E-state index in [0.717, 1.165) is 18.2 Å². The first-order valence-corrected chi connectivity index (χ1v) is 5.80. The molecule has 0 bridgehead atoms. The van der Waals surface area contributed by atoms with E-state index in [2.05, 4.69) is 0 Å². The molecule has 2 aromatic rings. The number of ether oxygens (including phenoxy) is 1. The molecule has 0 aliphatic heterocycles. The molecule has 0 saturated heterocycles. The zero-order valence-electron chi connectivity index (χ0n) is 9.70. The topological polar surface area (TPSA) is 26.3 Å². The van der Waals surface area contributed by atoms with Crippen LogP contribution in [-0.2, 0) is 0 Å². The highest BCUT2D eigenvalue weighted by Gasteiger charge is 2.11. The monoisotopic (exact) mass is 282 g/mol. The Morgan fingerprint density at radius 3 is 2.37 bits per heavy atom. The van der Waals surface area contributed by atoms with Crippen molar-refractivity contribution in [2.24, 2.45) is 0 Å². The first-order valence-electron chi connectivity index (χ1n) is 5.43. The van der Waals surface area contributed by atoms with Crippen molar-refractivity contribution >= 4 is 17.4 Å². The summed E-state index contributed by atoms with van der Waals surface area (Å²) in [7, 11) is 0. The van der Waals surface area contributed by atoms with Gasteiger partial charge in [0, 0.05) is 23.8 Å². The molecular formula is C14H9ClF2O2. The molecule has 0 unspecified atom stereocenters. The second-order valence-corrected chi connectivity index (χ2v) is 4.20. The van der Waals surface area contributed by atoms with Crippen LogP contribution in [0.15, 0.2) is 42.5 Å². The molecule has 0 heterocycles. The summed E-state index contributed by atoms with van der Waals surface area (Å²) >= 11 is 5.85. The van der Waals surface area contributed by atoms with Crippen LogP contribution in [0.3, 0.4) is 0 Å². The molecular weight excluding hydrogens is 274 g/mol. The smallest absolute Gasteiger partial charge is 0.201 e. The fraction of sp³-hybridized carbons (Fsp3) is 0.0714. The Balaban J connectivity index is 2.07. The van der Waals surface area contributed by atoms with Gasteiger partial charge < -0.3 is 4.74 Å². The SMILES string of the molecule is O=C(COc1cc(F)cc(F)c1)c1ccccc1Cl. The van der Waals surface area contributed by atoms with E-state index in [9.17, 15) is 13.6 Å². The summed E-state index contributed by atoms with van der Waals surface area (Å²) in [5, 5.41) is 0.307. The molecule has 2 aromatic carbocycles. The highest BCUT2D eigenvalue weighted by molar-refractivity contribution is 6.34. The van der Waals surface area contributed by atoms with E-state index in [0.29, 0.717) is 10.6 Å². The van der Waals surface area contributed by atoms with Crippen LogP contribution in [0.2, 0.25) is 5.02 Å². The Morgan fingerprint density at radius 1 is 1.11 bits per heavy atom. The Morgan fingerprint density at radius 2 is 1.74 bits per heavy atom. The van der Waals surface area contributed by atoms with Crippen molar-refractivity contribution in [2.75, 3.05) is 6.61 Å². The molecule has 0 N–H and O–H groups in total. The van der Waals surface area contributed by atoms with Crippen molar-refractivity contribution < 1.29 is 18.3 Å². The number of carbonyl (C=O) groups is 1. The van der Waals surface area contributed by atoms with Crippen LogP contribution in [0, 0.1) is 11.6 Å². The fourth-order valence-corrected chi connectivity index (χ4v) is 1.77. The van der Waals surface area contributed by atoms with Crippen LogP contribution in [0.1, 0.15) is 10.4 Å². The van der Waals surface area contributed by atoms with Gasteiger partial charge in [0.2, 0.25) is 5.78 Å². The predicted molar refractivity (Wildman–Crippen MR) is 67.6 cm³/mol. The molecule has 0 radical (unpaired) electrons. The lowest BCUT2D eigenvalue weighted by atomic mass is 10.1. The number of benzene rings is 2. The Labute approximate surface area is 113 Å². The number of carbonyl (C=O) groups excluding carboxylic acids is 1. The number of Topliss-reactive ketones (excluding diaryl/α,β-unsaturated/α-hetero) is 1. The standard InChI is InChI=1S/C14H9ClF2O2/c15-13-4-2-1-3-12(13)14(18)8-19-11-6-9(16)5-10(17)7-11/h1-7H,8H2. The van der Waals surface area contributed by atoms with Gasteiger partial charge >= 0.3 is 0 Å². The average Bonchev–Trinajstić information content (AvgIpc) is 2.35. The number of ketones is 1. The van der Waals surface area contributed by atoms with E-state index in [4.69, 9.17) is 16.3 Å². The minimum atomic E-state index is -0.764. The van der Waals surface area contributed by atoms with Gasteiger partial charge in [-0.25, -0.2) is 8.78 Å². The summed E-state index contributed by atoms with van der Waals surface area (Å²) in [5.41, 5.74) is 0.307. The lowest BCUT2D eigenvalue weighted by Crippen LogP contribution is -2.12. The van der Waals surface area contributed by atoms with E-state index in [1.807, 2.05) is 0 Å². The summed E-state index contributed by atoms with van der Waals surface area (Å²) in [6.45, 7) is -0.341. The highest BCUT2D eigenvalue weighted by atomic mass is 35.5. The summed E-state index contributed by atoms with van der Waals surface area (Å²) in [6.07, 6.45) is 0. The molecule has 5 heteroatoms. The zero-order valence-corrected chi connectivity index (χ0v) is 10.5. The van der Waals surface area contributed by atoms with Gasteiger partial charge in [-0.15, -0.1) is 0 Å². The van der Waals surface area contributed by atoms with Crippen LogP contribution >= 0.6 is 11.6 Å². The van der Waals surface area contributed by atoms with E-state index >= 15 is 0 Å². The van der Waals surface area contributed by atoms with Crippen LogP contribution in [0.5, 0.6) is 5.75 Å². The van der Waals surface area contributed by atoms with Gasteiger partial charge in [-0.05, 0) is 12.1 Å². The van der Waals surface area contributed by atoms with Crippen molar-refractivity contribution in [3.63, 3.8) is 0 Å². The first kappa shape index (κ1) is 13.5. The molecule has 2 nitrogen and oxygen atoms in total. The largest absolute Gasteiger partial charge is 0.485 e. The van der Waals surface area contributed by atoms with Crippen LogP contribution < -0.4 is 4.74 Å². The van der Waals surface area contributed by atoms with Gasteiger partial charge in [-0.3, -0.25) is 4.79 Å². The van der Waals surface area contributed by atoms with Crippen molar-refractivity contribution in [2.45, 2.75) is 0 Å². The molecule has 0 aliphatic rings. The Bertz CT molecular complexity index is 594. The second-order valence-electron chi connectivity index (χ2n) is 3.80.